The van der Waals surface area contributed by atoms with Gasteiger partial charge in [0.05, 0.1) is 12.5 Å². The zero-order valence-corrected chi connectivity index (χ0v) is 11.8. The van der Waals surface area contributed by atoms with Gasteiger partial charge in [-0.1, -0.05) is 0 Å². The number of hydrogen-bond acceptors (Lipinski definition) is 3. The Morgan fingerprint density at radius 3 is 2.85 bits per heavy atom. The molecule has 1 aromatic rings. The van der Waals surface area contributed by atoms with Crippen molar-refractivity contribution in [2.24, 2.45) is 5.92 Å². The van der Waals surface area contributed by atoms with Crippen molar-refractivity contribution in [2.75, 3.05) is 33.3 Å². The van der Waals surface area contributed by atoms with Gasteiger partial charge in [-0.05, 0) is 43.7 Å². The molecule has 0 bridgehead atoms. The van der Waals surface area contributed by atoms with E-state index in [0.717, 1.165) is 25.9 Å². The van der Waals surface area contributed by atoms with Crippen LogP contribution in [0.1, 0.15) is 12.8 Å². The van der Waals surface area contributed by atoms with Crippen LogP contribution in [0.4, 0.5) is 4.39 Å². The predicted octanol–water partition coefficient (Wildman–Crippen LogP) is 1.66. The van der Waals surface area contributed by atoms with Crippen molar-refractivity contribution in [3.8, 4) is 5.75 Å². The highest BCUT2D eigenvalue weighted by Crippen LogP contribution is 2.12. The van der Waals surface area contributed by atoms with Crippen LogP contribution in [-0.2, 0) is 4.79 Å². The van der Waals surface area contributed by atoms with E-state index < -0.39 is 0 Å². The Morgan fingerprint density at radius 1 is 1.45 bits per heavy atom. The monoisotopic (exact) mass is 280 g/mol. The van der Waals surface area contributed by atoms with Crippen LogP contribution < -0.4 is 10.1 Å². The molecule has 0 radical (unpaired) electrons. The van der Waals surface area contributed by atoms with Crippen LogP contribution in [0.3, 0.4) is 0 Å². The van der Waals surface area contributed by atoms with Gasteiger partial charge in [0.25, 0.3) is 0 Å². The van der Waals surface area contributed by atoms with Crippen molar-refractivity contribution in [3.05, 3.63) is 30.1 Å². The standard InChI is InChI=1S/C15H21FN2O2/c1-18(15(19)12-7-8-17-11-12)9-2-10-20-14-5-3-13(16)4-6-14/h3-6,12,17H,2,7-11H2,1H3. The molecule has 0 saturated carbocycles. The molecule has 1 amide bonds. The molecule has 4 nitrogen and oxygen atoms in total. The van der Waals surface area contributed by atoms with Gasteiger partial charge in [-0.2, -0.15) is 0 Å². The van der Waals surface area contributed by atoms with Crippen LogP contribution in [0.25, 0.3) is 0 Å². The van der Waals surface area contributed by atoms with Crippen molar-refractivity contribution >= 4 is 5.91 Å². The average molecular weight is 280 g/mol. The molecule has 0 aromatic heterocycles. The number of nitrogens with one attached hydrogen (secondary N) is 1. The summed E-state index contributed by atoms with van der Waals surface area (Å²) in [6, 6.07) is 5.96. The SMILES string of the molecule is CN(CCCOc1ccc(F)cc1)C(=O)C1CCNC1. The maximum absolute atomic E-state index is 12.7. The Hall–Kier alpha value is -1.62. The van der Waals surface area contributed by atoms with Gasteiger partial charge in [0.1, 0.15) is 11.6 Å². The summed E-state index contributed by atoms with van der Waals surface area (Å²) in [6.07, 6.45) is 1.69. The van der Waals surface area contributed by atoms with E-state index >= 15 is 0 Å². The van der Waals surface area contributed by atoms with E-state index in [0.29, 0.717) is 18.9 Å². The molecule has 0 spiro atoms. The molecule has 2 rings (SSSR count). The summed E-state index contributed by atoms with van der Waals surface area (Å²) in [5.74, 6) is 0.711. The number of carbonyl (C=O) groups is 1. The first-order valence-corrected chi connectivity index (χ1v) is 7.01. The zero-order valence-electron chi connectivity index (χ0n) is 11.8. The lowest BCUT2D eigenvalue weighted by molar-refractivity contribution is -0.133. The Kier molecular flexibility index (Phi) is 5.35. The summed E-state index contributed by atoms with van der Waals surface area (Å²) in [6.45, 7) is 2.91. The molecule has 1 aliphatic rings. The van der Waals surface area contributed by atoms with Gasteiger partial charge in [-0.15, -0.1) is 0 Å². The van der Waals surface area contributed by atoms with E-state index in [-0.39, 0.29) is 17.6 Å². The minimum absolute atomic E-state index is 0.123. The largest absolute Gasteiger partial charge is 0.494 e. The van der Waals surface area contributed by atoms with Gasteiger partial charge in [0, 0.05) is 20.1 Å². The van der Waals surface area contributed by atoms with Gasteiger partial charge < -0.3 is 15.0 Å². The van der Waals surface area contributed by atoms with Crippen LogP contribution in [0.15, 0.2) is 24.3 Å². The second-order valence-corrected chi connectivity index (χ2v) is 5.11. The minimum atomic E-state index is -0.271. The number of benzene rings is 1. The molecule has 1 aromatic carbocycles. The first-order chi connectivity index (χ1) is 9.66. The molecule has 1 saturated heterocycles. The van der Waals surface area contributed by atoms with E-state index in [4.69, 9.17) is 4.74 Å². The number of ether oxygens (including phenoxy) is 1. The molecular formula is C15H21FN2O2. The van der Waals surface area contributed by atoms with Crippen molar-refractivity contribution in [2.45, 2.75) is 12.8 Å². The Balaban J connectivity index is 1.65. The molecule has 5 heteroatoms. The molecule has 1 fully saturated rings. The van der Waals surface area contributed by atoms with Crippen molar-refractivity contribution in [1.29, 1.82) is 0 Å². The zero-order chi connectivity index (χ0) is 14.4. The fraction of sp³-hybridized carbons (Fsp3) is 0.533. The summed E-state index contributed by atoms with van der Waals surface area (Å²) in [5.41, 5.74) is 0. The number of rotatable bonds is 6. The highest BCUT2D eigenvalue weighted by Gasteiger charge is 2.24. The van der Waals surface area contributed by atoms with E-state index in [1.165, 1.54) is 12.1 Å². The maximum atomic E-state index is 12.7. The number of hydrogen-bond donors (Lipinski definition) is 1. The molecule has 1 N–H and O–H groups in total. The first kappa shape index (κ1) is 14.8. The third-order valence-corrected chi connectivity index (χ3v) is 3.51. The quantitative estimate of drug-likeness (QED) is 0.806. The van der Waals surface area contributed by atoms with E-state index in [1.807, 2.05) is 7.05 Å². The molecular weight excluding hydrogens is 259 g/mol. The number of halogens is 1. The van der Waals surface area contributed by atoms with Gasteiger partial charge in [0.2, 0.25) is 5.91 Å². The van der Waals surface area contributed by atoms with E-state index in [1.54, 1.807) is 17.0 Å². The van der Waals surface area contributed by atoms with Crippen LogP contribution >= 0.6 is 0 Å². The highest BCUT2D eigenvalue weighted by atomic mass is 19.1. The molecule has 1 aliphatic heterocycles. The first-order valence-electron chi connectivity index (χ1n) is 7.01. The topological polar surface area (TPSA) is 41.6 Å². The third kappa shape index (κ3) is 4.20. The van der Waals surface area contributed by atoms with Crippen molar-refractivity contribution < 1.29 is 13.9 Å². The van der Waals surface area contributed by atoms with Gasteiger partial charge in [0.15, 0.2) is 0 Å². The summed E-state index contributed by atoms with van der Waals surface area (Å²) >= 11 is 0. The smallest absolute Gasteiger partial charge is 0.226 e. The molecule has 1 atom stereocenters. The van der Waals surface area contributed by atoms with Crippen LogP contribution in [0.2, 0.25) is 0 Å². The lowest BCUT2D eigenvalue weighted by atomic mass is 10.1. The van der Waals surface area contributed by atoms with Crippen LogP contribution in [-0.4, -0.2) is 44.1 Å². The van der Waals surface area contributed by atoms with Gasteiger partial charge >= 0.3 is 0 Å². The normalized spacial score (nSPS) is 18.0. The Bertz CT molecular complexity index is 430. The molecule has 20 heavy (non-hydrogen) atoms. The van der Waals surface area contributed by atoms with Gasteiger partial charge in [-0.3, -0.25) is 4.79 Å². The molecule has 1 unspecified atom stereocenters. The summed E-state index contributed by atoms with van der Waals surface area (Å²) < 4.78 is 18.2. The Morgan fingerprint density at radius 2 is 2.20 bits per heavy atom. The van der Waals surface area contributed by atoms with E-state index in [2.05, 4.69) is 5.32 Å². The number of carbonyl (C=O) groups excluding carboxylic acids is 1. The second-order valence-electron chi connectivity index (χ2n) is 5.11. The molecule has 110 valence electrons. The molecule has 1 heterocycles. The average Bonchev–Trinajstić information content (AvgIpc) is 2.98. The lowest BCUT2D eigenvalue weighted by Crippen LogP contribution is -2.35. The lowest BCUT2D eigenvalue weighted by Gasteiger charge is -2.20. The predicted molar refractivity (Wildman–Crippen MR) is 75.1 cm³/mol. The fourth-order valence-corrected chi connectivity index (χ4v) is 2.31. The van der Waals surface area contributed by atoms with Crippen molar-refractivity contribution in [1.82, 2.24) is 10.2 Å². The van der Waals surface area contributed by atoms with Gasteiger partial charge in [-0.25, -0.2) is 4.39 Å². The highest BCUT2D eigenvalue weighted by molar-refractivity contribution is 5.79. The van der Waals surface area contributed by atoms with Crippen LogP contribution in [0, 0.1) is 11.7 Å². The summed E-state index contributed by atoms with van der Waals surface area (Å²) in [7, 11) is 1.83. The number of amides is 1. The fourth-order valence-electron chi connectivity index (χ4n) is 2.31. The summed E-state index contributed by atoms with van der Waals surface area (Å²) in [5, 5.41) is 3.20. The molecule has 0 aliphatic carbocycles. The van der Waals surface area contributed by atoms with Crippen molar-refractivity contribution in [3.63, 3.8) is 0 Å². The summed E-state index contributed by atoms with van der Waals surface area (Å²) in [4.78, 5) is 13.8. The Labute approximate surface area is 118 Å². The van der Waals surface area contributed by atoms with E-state index in [9.17, 15) is 9.18 Å². The second kappa shape index (κ2) is 7.24. The van der Waals surface area contributed by atoms with Crippen LogP contribution in [0.5, 0.6) is 5.75 Å². The third-order valence-electron chi connectivity index (χ3n) is 3.51. The maximum Gasteiger partial charge on any atom is 0.226 e. The minimum Gasteiger partial charge on any atom is -0.494 e. The number of nitrogens with zero attached hydrogens (tertiary/aromatic N) is 1.